The molecule has 0 aliphatic carbocycles. The van der Waals surface area contributed by atoms with Crippen LogP contribution in [-0.2, 0) is 19.7 Å². The molecule has 0 aliphatic rings. The van der Waals surface area contributed by atoms with Crippen LogP contribution in [-0.4, -0.2) is 44.1 Å². The molecule has 0 bridgehead atoms. The summed E-state index contributed by atoms with van der Waals surface area (Å²) >= 11 is 5.90. The fraction of sp³-hybridized carbons (Fsp3) is 1.00. The van der Waals surface area contributed by atoms with Crippen LogP contribution in [0.5, 0.6) is 0 Å². The maximum absolute atomic E-state index is 11.1. The molecule has 0 aromatic carbocycles. The molecule has 0 saturated carbocycles. The van der Waals surface area contributed by atoms with Crippen LogP contribution in [0.1, 0.15) is 0 Å². The van der Waals surface area contributed by atoms with E-state index in [1.54, 1.807) is 0 Å². The Bertz CT molecular complexity index is 298. The number of hydrogen-bond donors (Lipinski definition) is 0. The van der Waals surface area contributed by atoms with E-state index in [-0.39, 0.29) is 22.2 Å². The Morgan fingerprint density at radius 2 is 1.08 bits per heavy atom. The van der Waals surface area contributed by atoms with Gasteiger partial charge in [0.25, 0.3) is 0 Å². The Hall–Kier alpha value is 0.860. The average molecular weight is 358 g/mol. The molecular weight excluding hydrogens is 348 g/mol. The molecule has 0 unspecified atom stereocenters. The van der Waals surface area contributed by atoms with Gasteiger partial charge in [-0.15, -0.1) is 0 Å². The first kappa shape index (κ1) is 13.9. The normalized spacial score (nSPS) is 13.1. The molecule has 0 amide bonds. The first-order chi connectivity index (χ1) is 5.83. The second-order valence-corrected chi connectivity index (χ2v) is 8.71. The highest BCUT2D eigenvalue weighted by molar-refractivity contribution is 9.09. The third-order valence-corrected chi connectivity index (χ3v) is 7.50. The second kappa shape index (κ2) is 5.67. The van der Waals surface area contributed by atoms with Gasteiger partial charge in [-0.05, 0) is 0 Å². The van der Waals surface area contributed by atoms with E-state index in [1.807, 2.05) is 0 Å². The molecule has 0 heterocycles. The van der Waals surface area contributed by atoms with Crippen LogP contribution >= 0.6 is 31.9 Å². The van der Waals surface area contributed by atoms with Crippen molar-refractivity contribution in [3.05, 3.63) is 0 Å². The number of rotatable bonds is 6. The van der Waals surface area contributed by atoms with E-state index in [4.69, 9.17) is 0 Å². The zero-order valence-corrected chi connectivity index (χ0v) is 11.5. The number of hydrogen-bond acceptors (Lipinski definition) is 4. The quantitative estimate of drug-likeness (QED) is 0.651. The highest BCUT2D eigenvalue weighted by Gasteiger charge is 2.20. The molecule has 0 fully saturated rings. The maximum atomic E-state index is 11.1. The fourth-order valence-corrected chi connectivity index (χ4v) is 7.19. The molecule has 0 aromatic rings. The third-order valence-electron chi connectivity index (χ3n) is 1.14. The number of alkyl halides is 2. The molecule has 13 heavy (non-hydrogen) atoms. The van der Waals surface area contributed by atoms with Crippen molar-refractivity contribution in [1.29, 1.82) is 0 Å². The first-order valence-corrected chi connectivity index (χ1v) is 9.24. The van der Waals surface area contributed by atoms with E-state index in [0.29, 0.717) is 0 Å². The topological polar surface area (TPSA) is 68.3 Å². The summed E-state index contributed by atoms with van der Waals surface area (Å²) in [4.78, 5) is 0. The van der Waals surface area contributed by atoms with Crippen molar-refractivity contribution in [2.45, 2.75) is 0 Å². The lowest BCUT2D eigenvalue weighted by atomic mass is 11.0. The molecule has 80 valence electrons. The summed E-state index contributed by atoms with van der Waals surface area (Å²) in [5.41, 5.74) is 0. The summed E-state index contributed by atoms with van der Waals surface area (Å²) in [5, 5.41) is -0.227. The van der Waals surface area contributed by atoms with Gasteiger partial charge in [-0.2, -0.15) is 0 Å². The van der Waals surface area contributed by atoms with E-state index < -0.39 is 24.8 Å². The van der Waals surface area contributed by atoms with E-state index in [1.165, 1.54) is 0 Å². The smallest absolute Gasteiger partial charge is 0.165 e. The monoisotopic (exact) mass is 356 g/mol. The fourth-order valence-electron chi connectivity index (χ4n) is 0.627. The Kier molecular flexibility index (Phi) is 6.05. The molecule has 0 rings (SSSR count). The average Bonchev–Trinajstić information content (AvgIpc) is 1.82. The predicted octanol–water partition coefficient (Wildman–Crippen LogP) is 0.563. The van der Waals surface area contributed by atoms with Gasteiger partial charge in [0, 0.05) is 10.7 Å². The summed E-state index contributed by atoms with van der Waals surface area (Å²) < 4.78 is 44.4. The van der Waals surface area contributed by atoms with Crippen LogP contribution in [0.15, 0.2) is 0 Å². The maximum Gasteiger partial charge on any atom is 0.165 e. The summed E-state index contributed by atoms with van der Waals surface area (Å²) in [5.74, 6) is -0.289. The zero-order chi connectivity index (χ0) is 10.5. The van der Waals surface area contributed by atoms with Crippen molar-refractivity contribution in [3.63, 3.8) is 0 Å². The minimum atomic E-state index is -3.47. The molecule has 0 spiro atoms. The molecule has 8 heteroatoms. The molecule has 0 radical (unpaired) electrons. The van der Waals surface area contributed by atoms with Crippen molar-refractivity contribution in [2.24, 2.45) is 0 Å². The number of halogens is 2. The van der Waals surface area contributed by atoms with Crippen LogP contribution in [0.25, 0.3) is 0 Å². The SMILES string of the molecule is O=S(=O)(CCBr)CS(=O)(=O)CCBr. The second-order valence-electron chi connectivity index (χ2n) is 2.39. The van der Waals surface area contributed by atoms with Crippen LogP contribution in [0, 0.1) is 0 Å². The molecule has 0 atom stereocenters. The standard InChI is InChI=1S/C5H10Br2O4S2/c6-1-3-12(8,9)5-13(10,11)4-2-7/h1-5H2. The van der Waals surface area contributed by atoms with Gasteiger partial charge in [0.15, 0.2) is 24.8 Å². The van der Waals surface area contributed by atoms with Gasteiger partial charge in [-0.1, -0.05) is 31.9 Å². The van der Waals surface area contributed by atoms with E-state index >= 15 is 0 Å². The van der Waals surface area contributed by atoms with Crippen molar-refractivity contribution < 1.29 is 16.8 Å². The van der Waals surface area contributed by atoms with Gasteiger partial charge >= 0.3 is 0 Å². The van der Waals surface area contributed by atoms with E-state index in [9.17, 15) is 16.8 Å². The summed E-state index contributed by atoms with van der Waals surface area (Å²) in [6, 6.07) is 0. The highest BCUT2D eigenvalue weighted by Crippen LogP contribution is 2.02. The van der Waals surface area contributed by atoms with Crippen LogP contribution in [0.3, 0.4) is 0 Å². The van der Waals surface area contributed by atoms with E-state index in [2.05, 4.69) is 31.9 Å². The Balaban J connectivity index is 4.44. The van der Waals surface area contributed by atoms with Crippen molar-refractivity contribution >= 4 is 51.5 Å². The van der Waals surface area contributed by atoms with Gasteiger partial charge in [0.05, 0.1) is 11.5 Å². The largest absolute Gasteiger partial charge is 0.228 e. The third kappa shape index (κ3) is 6.87. The molecule has 4 nitrogen and oxygen atoms in total. The van der Waals surface area contributed by atoms with Crippen molar-refractivity contribution in [3.8, 4) is 0 Å². The van der Waals surface area contributed by atoms with Crippen LogP contribution < -0.4 is 0 Å². The lowest BCUT2D eigenvalue weighted by molar-refractivity contribution is 0.590. The van der Waals surface area contributed by atoms with Gasteiger partial charge in [0.2, 0.25) is 0 Å². The van der Waals surface area contributed by atoms with Gasteiger partial charge in [-0.25, -0.2) is 16.8 Å². The van der Waals surface area contributed by atoms with Crippen molar-refractivity contribution in [2.75, 3.05) is 27.3 Å². The van der Waals surface area contributed by atoms with Gasteiger partial charge in [-0.3, -0.25) is 0 Å². The minimum Gasteiger partial charge on any atom is -0.228 e. The zero-order valence-electron chi connectivity index (χ0n) is 6.74. The molecular formula is C5H10Br2O4S2. The van der Waals surface area contributed by atoms with Gasteiger partial charge in [0.1, 0.15) is 0 Å². The molecule has 0 saturated heterocycles. The van der Waals surface area contributed by atoms with Crippen LogP contribution in [0.4, 0.5) is 0 Å². The Morgan fingerprint density at radius 1 is 0.769 bits per heavy atom. The molecule has 0 N–H and O–H groups in total. The highest BCUT2D eigenvalue weighted by atomic mass is 79.9. The Labute approximate surface area is 95.2 Å². The van der Waals surface area contributed by atoms with E-state index in [0.717, 1.165) is 0 Å². The van der Waals surface area contributed by atoms with Crippen molar-refractivity contribution in [1.82, 2.24) is 0 Å². The summed E-state index contributed by atoms with van der Waals surface area (Å²) in [7, 11) is -6.93. The lowest BCUT2D eigenvalue weighted by Gasteiger charge is -2.02. The Morgan fingerprint density at radius 3 is 1.31 bits per heavy atom. The molecule has 0 aliphatic heterocycles. The first-order valence-electron chi connectivity index (χ1n) is 3.36. The predicted molar refractivity (Wildman–Crippen MR) is 60.0 cm³/mol. The van der Waals surface area contributed by atoms with Crippen LogP contribution in [0.2, 0.25) is 0 Å². The molecule has 0 aromatic heterocycles. The summed E-state index contributed by atoms with van der Waals surface area (Å²) in [6.07, 6.45) is 0. The minimum absolute atomic E-state index is 0.144. The summed E-state index contributed by atoms with van der Waals surface area (Å²) in [6.45, 7) is 0. The lowest BCUT2D eigenvalue weighted by Crippen LogP contribution is -2.22. The van der Waals surface area contributed by atoms with Gasteiger partial charge < -0.3 is 0 Å². The number of sulfone groups is 2.